The van der Waals surface area contributed by atoms with Gasteiger partial charge in [-0.05, 0) is 18.9 Å². The van der Waals surface area contributed by atoms with Crippen LogP contribution in [0.15, 0.2) is 30.3 Å². The molecule has 3 heteroatoms. The maximum atomic E-state index is 5.97. The lowest BCUT2D eigenvalue weighted by molar-refractivity contribution is -0.00528. The van der Waals surface area contributed by atoms with Gasteiger partial charge in [0.15, 0.2) is 0 Å². The third-order valence-corrected chi connectivity index (χ3v) is 2.77. The zero-order valence-corrected chi connectivity index (χ0v) is 11.5. The number of hydrogen-bond acceptors (Lipinski definition) is 3. The predicted octanol–water partition coefficient (Wildman–Crippen LogP) is 2.91. The lowest BCUT2D eigenvalue weighted by Crippen LogP contribution is -2.28. The van der Waals surface area contributed by atoms with E-state index >= 15 is 0 Å². The molecule has 0 saturated heterocycles. The van der Waals surface area contributed by atoms with Gasteiger partial charge in [-0.2, -0.15) is 0 Å². The van der Waals surface area contributed by atoms with Gasteiger partial charge in [-0.15, -0.1) is 0 Å². The number of ether oxygens (including phenoxy) is 2. The fraction of sp³-hybridized carbons (Fsp3) is 0.600. The largest absolute Gasteiger partial charge is 0.379 e. The molecule has 0 aliphatic carbocycles. The molecule has 0 spiro atoms. The van der Waals surface area contributed by atoms with Crippen LogP contribution in [0, 0.1) is 0 Å². The molecule has 2 N–H and O–H groups in total. The van der Waals surface area contributed by atoms with E-state index < -0.39 is 0 Å². The molecule has 0 aliphatic heterocycles. The van der Waals surface area contributed by atoms with Crippen molar-refractivity contribution in [1.29, 1.82) is 0 Å². The minimum absolute atomic E-state index is 0.0250. The zero-order chi connectivity index (χ0) is 13.2. The minimum Gasteiger partial charge on any atom is -0.379 e. The summed E-state index contributed by atoms with van der Waals surface area (Å²) in [4.78, 5) is 0. The van der Waals surface area contributed by atoms with E-state index in [-0.39, 0.29) is 12.1 Å². The van der Waals surface area contributed by atoms with Crippen LogP contribution in [0.2, 0.25) is 0 Å². The number of benzene rings is 1. The van der Waals surface area contributed by atoms with Gasteiger partial charge in [0.25, 0.3) is 0 Å². The van der Waals surface area contributed by atoms with Crippen LogP contribution in [-0.4, -0.2) is 25.9 Å². The normalized spacial score (nSPS) is 14.4. The van der Waals surface area contributed by atoms with E-state index in [2.05, 4.69) is 6.92 Å². The lowest BCUT2D eigenvalue weighted by Gasteiger charge is -2.21. The molecule has 0 fully saturated rings. The van der Waals surface area contributed by atoms with Gasteiger partial charge in [-0.25, -0.2) is 0 Å². The van der Waals surface area contributed by atoms with Crippen LogP contribution in [0.5, 0.6) is 0 Å². The highest BCUT2D eigenvalue weighted by molar-refractivity contribution is 5.18. The summed E-state index contributed by atoms with van der Waals surface area (Å²) in [7, 11) is 0. The highest BCUT2D eigenvalue weighted by Gasteiger charge is 2.16. The Morgan fingerprint density at radius 1 is 1.11 bits per heavy atom. The van der Waals surface area contributed by atoms with Gasteiger partial charge in [0.1, 0.15) is 0 Å². The molecular weight excluding hydrogens is 226 g/mol. The Morgan fingerprint density at radius 3 is 2.44 bits per heavy atom. The van der Waals surface area contributed by atoms with Gasteiger partial charge in [0, 0.05) is 12.6 Å². The first kappa shape index (κ1) is 15.2. The molecule has 1 aromatic rings. The second-order valence-electron chi connectivity index (χ2n) is 4.53. The molecule has 0 amide bonds. The summed E-state index contributed by atoms with van der Waals surface area (Å²) < 4.78 is 11.3. The lowest BCUT2D eigenvalue weighted by atomic mass is 10.0. The number of unbranched alkanes of at least 4 members (excludes halogenated alkanes) is 1. The standard InChI is InChI=1S/C15H25NO2/c1-3-4-10-17-11-12-18-15(13(2)16)14-8-6-5-7-9-14/h5-9,13,15H,3-4,10-12,16H2,1-2H3. The Labute approximate surface area is 110 Å². The molecule has 0 bridgehead atoms. The smallest absolute Gasteiger partial charge is 0.0974 e. The van der Waals surface area contributed by atoms with Gasteiger partial charge in [-0.3, -0.25) is 0 Å². The Hall–Kier alpha value is -0.900. The maximum Gasteiger partial charge on any atom is 0.0974 e. The first-order valence-electron chi connectivity index (χ1n) is 6.75. The van der Waals surface area contributed by atoms with Crippen molar-refractivity contribution in [2.45, 2.75) is 38.8 Å². The fourth-order valence-electron chi connectivity index (χ4n) is 1.78. The first-order valence-corrected chi connectivity index (χ1v) is 6.75. The molecule has 0 radical (unpaired) electrons. The van der Waals surface area contributed by atoms with Crippen LogP contribution in [0.4, 0.5) is 0 Å². The van der Waals surface area contributed by atoms with E-state index in [0.29, 0.717) is 13.2 Å². The van der Waals surface area contributed by atoms with Crippen molar-refractivity contribution in [3.8, 4) is 0 Å². The molecule has 0 aromatic heterocycles. The third-order valence-electron chi connectivity index (χ3n) is 2.77. The molecule has 3 nitrogen and oxygen atoms in total. The molecule has 18 heavy (non-hydrogen) atoms. The van der Waals surface area contributed by atoms with Crippen molar-refractivity contribution in [3.63, 3.8) is 0 Å². The van der Waals surface area contributed by atoms with Crippen LogP contribution in [0.3, 0.4) is 0 Å². The second-order valence-corrected chi connectivity index (χ2v) is 4.53. The number of hydrogen-bond donors (Lipinski definition) is 1. The molecule has 0 aliphatic rings. The Kier molecular flexibility index (Phi) is 7.65. The molecular formula is C15H25NO2. The predicted molar refractivity (Wildman–Crippen MR) is 74.5 cm³/mol. The van der Waals surface area contributed by atoms with Gasteiger partial charge >= 0.3 is 0 Å². The first-order chi connectivity index (χ1) is 8.75. The van der Waals surface area contributed by atoms with Crippen molar-refractivity contribution in [2.75, 3.05) is 19.8 Å². The number of rotatable bonds is 9. The van der Waals surface area contributed by atoms with Gasteiger partial charge < -0.3 is 15.2 Å². The van der Waals surface area contributed by atoms with E-state index in [1.165, 1.54) is 0 Å². The average molecular weight is 251 g/mol. The molecule has 0 heterocycles. The Balaban J connectivity index is 2.31. The molecule has 102 valence electrons. The fourth-order valence-corrected chi connectivity index (χ4v) is 1.78. The van der Waals surface area contributed by atoms with Gasteiger partial charge in [0.05, 0.1) is 19.3 Å². The van der Waals surface area contributed by atoms with Crippen molar-refractivity contribution < 1.29 is 9.47 Å². The SMILES string of the molecule is CCCCOCCOC(c1ccccc1)C(C)N. The summed E-state index contributed by atoms with van der Waals surface area (Å²) >= 11 is 0. The monoisotopic (exact) mass is 251 g/mol. The summed E-state index contributed by atoms with van der Waals surface area (Å²) in [5.41, 5.74) is 7.09. The molecule has 0 saturated carbocycles. The average Bonchev–Trinajstić information content (AvgIpc) is 2.38. The van der Waals surface area contributed by atoms with Crippen LogP contribution in [0.1, 0.15) is 38.4 Å². The molecule has 2 unspecified atom stereocenters. The van der Waals surface area contributed by atoms with Gasteiger partial charge in [-0.1, -0.05) is 43.7 Å². The molecule has 1 rings (SSSR count). The summed E-state index contributed by atoms with van der Waals surface area (Å²) in [6.45, 7) is 6.16. The summed E-state index contributed by atoms with van der Waals surface area (Å²) in [5.74, 6) is 0. The Bertz CT molecular complexity index is 301. The minimum atomic E-state index is -0.0547. The van der Waals surface area contributed by atoms with Crippen molar-refractivity contribution in [1.82, 2.24) is 0 Å². The maximum absolute atomic E-state index is 5.97. The Morgan fingerprint density at radius 2 is 1.83 bits per heavy atom. The van der Waals surface area contributed by atoms with Crippen molar-refractivity contribution in [2.24, 2.45) is 5.73 Å². The quantitative estimate of drug-likeness (QED) is 0.686. The van der Waals surface area contributed by atoms with Crippen molar-refractivity contribution in [3.05, 3.63) is 35.9 Å². The van der Waals surface area contributed by atoms with E-state index in [4.69, 9.17) is 15.2 Å². The van der Waals surface area contributed by atoms with Crippen LogP contribution >= 0.6 is 0 Å². The van der Waals surface area contributed by atoms with Crippen molar-refractivity contribution >= 4 is 0 Å². The summed E-state index contributed by atoms with van der Waals surface area (Å²) in [6, 6.07) is 10.1. The summed E-state index contributed by atoms with van der Waals surface area (Å²) in [6.07, 6.45) is 2.21. The highest BCUT2D eigenvalue weighted by atomic mass is 16.5. The topological polar surface area (TPSA) is 44.5 Å². The van der Waals surface area contributed by atoms with E-state index in [1.54, 1.807) is 0 Å². The van der Waals surface area contributed by atoms with E-state index in [0.717, 1.165) is 25.0 Å². The second kappa shape index (κ2) is 9.09. The molecule has 2 atom stereocenters. The highest BCUT2D eigenvalue weighted by Crippen LogP contribution is 2.19. The van der Waals surface area contributed by atoms with Crippen LogP contribution < -0.4 is 5.73 Å². The summed E-state index contributed by atoms with van der Waals surface area (Å²) in [5, 5.41) is 0. The van der Waals surface area contributed by atoms with E-state index in [1.807, 2.05) is 37.3 Å². The number of nitrogens with two attached hydrogens (primary N) is 1. The van der Waals surface area contributed by atoms with Crippen LogP contribution in [0.25, 0.3) is 0 Å². The zero-order valence-electron chi connectivity index (χ0n) is 11.5. The third kappa shape index (κ3) is 5.63. The van der Waals surface area contributed by atoms with Crippen LogP contribution in [-0.2, 0) is 9.47 Å². The van der Waals surface area contributed by atoms with Gasteiger partial charge in [0.2, 0.25) is 0 Å². The van der Waals surface area contributed by atoms with E-state index in [9.17, 15) is 0 Å². The molecule has 1 aromatic carbocycles.